The minimum atomic E-state index is -4.44. The molecule has 156 valence electrons. The zero-order chi connectivity index (χ0) is 21.9. The second kappa shape index (κ2) is 8.48. The molecule has 9 heteroatoms. The van der Waals surface area contributed by atoms with Crippen molar-refractivity contribution in [3.8, 4) is 17.3 Å². The Balaban J connectivity index is 1.71. The maximum Gasteiger partial charge on any atom is 0.416 e. The van der Waals surface area contributed by atoms with Crippen LogP contribution in [0.15, 0.2) is 48.5 Å². The molecule has 1 heterocycles. The van der Waals surface area contributed by atoms with Crippen LogP contribution in [0.4, 0.5) is 23.2 Å². The minimum Gasteiger partial charge on any atom is -0.467 e. The lowest BCUT2D eigenvalue weighted by atomic mass is 10.1. The first kappa shape index (κ1) is 21.2. The normalized spacial score (nSPS) is 11.3. The molecule has 0 radical (unpaired) electrons. The van der Waals surface area contributed by atoms with Crippen molar-refractivity contribution in [1.82, 2.24) is 9.97 Å². The molecule has 1 aromatic heterocycles. The summed E-state index contributed by atoms with van der Waals surface area (Å²) >= 11 is 0. The fourth-order valence-electron chi connectivity index (χ4n) is 2.61. The van der Waals surface area contributed by atoms with Gasteiger partial charge in [0.05, 0.1) is 5.56 Å². The van der Waals surface area contributed by atoms with Crippen LogP contribution < -0.4 is 10.1 Å². The van der Waals surface area contributed by atoms with Crippen LogP contribution in [0, 0.1) is 19.7 Å². The molecule has 5 nitrogen and oxygen atoms in total. The van der Waals surface area contributed by atoms with E-state index in [0.717, 1.165) is 12.1 Å². The average Bonchev–Trinajstić information content (AvgIpc) is 2.68. The van der Waals surface area contributed by atoms with Gasteiger partial charge in [0.15, 0.2) is 12.4 Å². The van der Waals surface area contributed by atoms with Crippen molar-refractivity contribution < 1.29 is 27.1 Å². The third kappa shape index (κ3) is 5.31. The Morgan fingerprint density at radius 1 is 1.03 bits per heavy atom. The van der Waals surface area contributed by atoms with E-state index < -0.39 is 30.1 Å². The largest absolute Gasteiger partial charge is 0.467 e. The molecular weight excluding hydrogens is 402 g/mol. The van der Waals surface area contributed by atoms with Crippen LogP contribution in [0.3, 0.4) is 0 Å². The highest BCUT2D eigenvalue weighted by molar-refractivity contribution is 5.92. The number of carbonyl (C=O) groups excluding carboxylic acids is 1. The average molecular weight is 419 g/mol. The van der Waals surface area contributed by atoms with Gasteiger partial charge in [-0.3, -0.25) is 4.79 Å². The Hall–Kier alpha value is -3.49. The SMILES string of the molecule is Cc1cc(OCC(=O)Nc2cc(F)ccc2C)nc(-c2ccc(C(F)(F)F)cc2)n1. The summed E-state index contributed by atoms with van der Waals surface area (Å²) in [7, 11) is 0. The Bertz CT molecular complexity index is 1070. The predicted octanol–water partition coefficient (Wildman–Crippen LogP) is 4.94. The van der Waals surface area contributed by atoms with Crippen LogP contribution in [0.25, 0.3) is 11.4 Å². The van der Waals surface area contributed by atoms with E-state index in [9.17, 15) is 22.4 Å². The number of amides is 1. The Morgan fingerprint density at radius 3 is 2.40 bits per heavy atom. The van der Waals surface area contributed by atoms with Crippen molar-refractivity contribution in [3.63, 3.8) is 0 Å². The third-order valence-electron chi connectivity index (χ3n) is 4.13. The fourth-order valence-corrected chi connectivity index (χ4v) is 2.61. The zero-order valence-corrected chi connectivity index (χ0v) is 16.0. The summed E-state index contributed by atoms with van der Waals surface area (Å²) in [4.78, 5) is 20.5. The Morgan fingerprint density at radius 2 is 1.73 bits per heavy atom. The van der Waals surface area contributed by atoms with Gasteiger partial charge in [0.2, 0.25) is 5.88 Å². The molecule has 3 aromatic rings. The van der Waals surface area contributed by atoms with Gasteiger partial charge in [-0.25, -0.2) is 9.37 Å². The van der Waals surface area contributed by atoms with Crippen molar-refractivity contribution in [1.29, 1.82) is 0 Å². The summed E-state index contributed by atoms with van der Waals surface area (Å²) in [5.74, 6) is -0.746. The highest BCUT2D eigenvalue weighted by atomic mass is 19.4. The van der Waals surface area contributed by atoms with E-state index in [0.29, 0.717) is 22.5 Å². The molecule has 0 bridgehead atoms. The number of nitrogens with one attached hydrogen (secondary N) is 1. The summed E-state index contributed by atoms with van der Waals surface area (Å²) in [5, 5.41) is 2.55. The van der Waals surface area contributed by atoms with Crippen LogP contribution in [0.5, 0.6) is 5.88 Å². The van der Waals surface area contributed by atoms with Crippen LogP contribution in [-0.4, -0.2) is 22.5 Å². The highest BCUT2D eigenvalue weighted by Gasteiger charge is 2.30. The summed E-state index contributed by atoms with van der Waals surface area (Å²) < 4.78 is 56.9. The van der Waals surface area contributed by atoms with Gasteiger partial charge in [0.1, 0.15) is 5.82 Å². The van der Waals surface area contributed by atoms with E-state index in [1.165, 1.54) is 36.4 Å². The first-order chi connectivity index (χ1) is 14.1. The number of halogens is 4. The highest BCUT2D eigenvalue weighted by Crippen LogP contribution is 2.30. The number of ether oxygens (including phenoxy) is 1. The molecule has 0 aliphatic heterocycles. The molecule has 0 aliphatic carbocycles. The maximum absolute atomic E-state index is 13.3. The van der Waals surface area contributed by atoms with Gasteiger partial charge >= 0.3 is 6.18 Å². The Labute approximate surface area is 169 Å². The number of rotatable bonds is 5. The summed E-state index contributed by atoms with van der Waals surface area (Å²) in [6.45, 7) is 3.00. The van der Waals surface area contributed by atoms with Gasteiger partial charge in [-0.2, -0.15) is 18.2 Å². The van der Waals surface area contributed by atoms with Gasteiger partial charge in [0, 0.05) is 23.0 Å². The second-order valence-corrected chi connectivity index (χ2v) is 6.54. The summed E-state index contributed by atoms with van der Waals surface area (Å²) in [6, 6.07) is 9.93. The zero-order valence-electron chi connectivity index (χ0n) is 16.0. The lowest BCUT2D eigenvalue weighted by Gasteiger charge is -2.11. The van der Waals surface area contributed by atoms with Crippen LogP contribution in [-0.2, 0) is 11.0 Å². The number of hydrogen-bond donors (Lipinski definition) is 1. The monoisotopic (exact) mass is 419 g/mol. The number of aryl methyl sites for hydroxylation is 2. The molecule has 0 saturated carbocycles. The number of carbonyl (C=O) groups is 1. The standard InChI is InChI=1S/C21H17F4N3O2/c1-12-3-8-16(22)10-17(12)27-18(29)11-30-19-9-13(2)26-20(28-19)14-4-6-15(7-5-14)21(23,24)25/h3-10H,11H2,1-2H3,(H,27,29). The number of aromatic nitrogens is 2. The first-order valence-corrected chi connectivity index (χ1v) is 8.84. The quantitative estimate of drug-likeness (QED) is 0.596. The molecule has 0 unspecified atom stereocenters. The lowest BCUT2D eigenvalue weighted by Crippen LogP contribution is -2.21. The summed E-state index contributed by atoms with van der Waals surface area (Å²) in [5.41, 5.74) is 1.12. The second-order valence-electron chi connectivity index (χ2n) is 6.54. The predicted molar refractivity (Wildman–Crippen MR) is 102 cm³/mol. The first-order valence-electron chi connectivity index (χ1n) is 8.84. The van der Waals surface area contributed by atoms with E-state index >= 15 is 0 Å². The summed E-state index contributed by atoms with van der Waals surface area (Å²) in [6.07, 6.45) is -4.44. The van der Waals surface area contributed by atoms with Crippen molar-refractivity contribution in [3.05, 3.63) is 71.2 Å². The number of hydrogen-bond acceptors (Lipinski definition) is 4. The molecule has 3 rings (SSSR count). The molecule has 0 spiro atoms. The molecular formula is C21H17F4N3O2. The molecule has 0 saturated heterocycles. The smallest absolute Gasteiger partial charge is 0.416 e. The third-order valence-corrected chi connectivity index (χ3v) is 4.13. The number of nitrogens with zero attached hydrogens (tertiary/aromatic N) is 2. The van der Waals surface area contributed by atoms with Crippen molar-refractivity contribution in [2.75, 3.05) is 11.9 Å². The van der Waals surface area contributed by atoms with Crippen LogP contribution in [0.1, 0.15) is 16.8 Å². The molecule has 0 atom stereocenters. The number of benzene rings is 2. The number of alkyl halides is 3. The van der Waals surface area contributed by atoms with Gasteiger partial charge < -0.3 is 10.1 Å². The van der Waals surface area contributed by atoms with Crippen LogP contribution >= 0.6 is 0 Å². The van der Waals surface area contributed by atoms with E-state index in [1.807, 2.05) is 0 Å². The number of anilines is 1. The Kier molecular flexibility index (Phi) is 6.00. The minimum absolute atomic E-state index is 0.0866. The molecule has 2 aromatic carbocycles. The van der Waals surface area contributed by atoms with Gasteiger partial charge in [-0.05, 0) is 43.7 Å². The van der Waals surface area contributed by atoms with E-state index in [2.05, 4.69) is 15.3 Å². The van der Waals surface area contributed by atoms with Crippen molar-refractivity contribution >= 4 is 11.6 Å². The van der Waals surface area contributed by atoms with Gasteiger partial charge in [-0.1, -0.05) is 18.2 Å². The van der Waals surface area contributed by atoms with E-state index in [4.69, 9.17) is 4.74 Å². The molecule has 1 amide bonds. The molecule has 0 aliphatic rings. The van der Waals surface area contributed by atoms with Gasteiger partial charge in [0.25, 0.3) is 5.91 Å². The van der Waals surface area contributed by atoms with Gasteiger partial charge in [-0.15, -0.1) is 0 Å². The molecule has 1 N–H and O–H groups in total. The molecule has 0 fully saturated rings. The van der Waals surface area contributed by atoms with E-state index in [1.54, 1.807) is 13.8 Å². The maximum atomic E-state index is 13.3. The van der Waals surface area contributed by atoms with E-state index in [-0.39, 0.29) is 11.7 Å². The van der Waals surface area contributed by atoms with Crippen molar-refractivity contribution in [2.45, 2.75) is 20.0 Å². The lowest BCUT2D eigenvalue weighted by molar-refractivity contribution is -0.137. The fraction of sp³-hybridized carbons (Fsp3) is 0.190. The van der Waals surface area contributed by atoms with Crippen molar-refractivity contribution in [2.24, 2.45) is 0 Å². The molecule has 30 heavy (non-hydrogen) atoms. The topological polar surface area (TPSA) is 64.1 Å². The van der Waals surface area contributed by atoms with Crippen LogP contribution in [0.2, 0.25) is 0 Å².